The van der Waals surface area contributed by atoms with Gasteiger partial charge in [0.05, 0.1) is 6.54 Å². The molecule has 0 saturated heterocycles. The van der Waals surface area contributed by atoms with E-state index in [0.717, 1.165) is 6.42 Å². The van der Waals surface area contributed by atoms with Crippen molar-refractivity contribution >= 4 is 6.21 Å². The summed E-state index contributed by atoms with van der Waals surface area (Å²) in [4.78, 5) is 3.51. The topological polar surface area (TPSA) is 48.6 Å². The zero-order chi connectivity index (χ0) is 7.66. The molecule has 0 atom stereocenters. The van der Waals surface area contributed by atoms with Gasteiger partial charge in [-0.05, 0) is 12.5 Å². The highest BCUT2D eigenvalue weighted by molar-refractivity contribution is 5.71. The first-order chi connectivity index (χ1) is 4.91. The van der Waals surface area contributed by atoms with E-state index < -0.39 is 0 Å². The van der Waals surface area contributed by atoms with Crippen LogP contribution < -0.4 is 0 Å². The van der Waals surface area contributed by atoms with Crippen LogP contribution in [0.15, 0.2) is 22.3 Å². The number of nitrogens with zero attached hydrogens (tertiary/aromatic N) is 2. The molecule has 10 heavy (non-hydrogen) atoms. The second kappa shape index (κ2) is 7.57. The van der Waals surface area contributed by atoms with Gasteiger partial charge in [-0.2, -0.15) is 5.11 Å². The van der Waals surface area contributed by atoms with Crippen molar-refractivity contribution in [3.05, 3.63) is 12.2 Å². The molecule has 0 aromatic rings. The molecule has 0 aromatic carbocycles. The Kier molecular flexibility index (Phi) is 6.49. The van der Waals surface area contributed by atoms with Crippen LogP contribution in [0, 0.1) is 18.0 Å². The number of hydrogen-bond acceptors (Lipinski definition) is 3. The van der Waals surface area contributed by atoms with Crippen molar-refractivity contribution in [2.45, 2.75) is 6.42 Å². The van der Waals surface area contributed by atoms with Crippen molar-refractivity contribution in [2.24, 2.45) is 10.1 Å². The van der Waals surface area contributed by atoms with Crippen LogP contribution in [0.25, 0.3) is 0 Å². The molecule has 0 aliphatic heterocycles. The first-order valence-corrected chi connectivity index (χ1v) is 2.89. The number of rotatable bonds is 4. The minimum absolute atomic E-state index is 0.528. The van der Waals surface area contributed by atoms with Crippen molar-refractivity contribution in [1.82, 2.24) is 0 Å². The van der Waals surface area contributed by atoms with Gasteiger partial charge in [0.15, 0.2) is 0 Å². The molecule has 0 radical (unpaired) electrons. The lowest BCUT2D eigenvalue weighted by Gasteiger charge is -1.79. The molecule has 0 aromatic heterocycles. The number of terminal acetylenes is 1. The summed E-state index contributed by atoms with van der Waals surface area (Å²) in [6.07, 6.45) is 10.7. The number of aliphatic imine (C=N–C) groups is 1. The second-order valence-corrected chi connectivity index (χ2v) is 1.51. The molecule has 0 rings (SSSR count). The van der Waals surface area contributed by atoms with Crippen LogP contribution in [0.4, 0.5) is 0 Å². The summed E-state index contributed by atoms with van der Waals surface area (Å²) >= 11 is 0. The summed E-state index contributed by atoms with van der Waals surface area (Å²) in [6.45, 7) is 0.528. The van der Waals surface area contributed by atoms with E-state index in [9.17, 15) is 0 Å². The smallest absolute Gasteiger partial charge is 0.0630 e. The highest BCUT2D eigenvalue weighted by Crippen LogP contribution is 1.81. The first kappa shape index (κ1) is 8.57. The minimum Gasteiger partial charge on any atom is -0.210 e. The number of allylic oxidation sites excluding steroid dienone is 1. The lowest BCUT2D eigenvalue weighted by molar-refractivity contribution is 0.887. The molecule has 3 nitrogen and oxygen atoms in total. The number of nitrogens with one attached hydrogen (secondary N) is 1. The van der Waals surface area contributed by atoms with Crippen molar-refractivity contribution in [1.29, 1.82) is 5.53 Å². The Morgan fingerprint density at radius 1 is 1.60 bits per heavy atom. The molecular formula is C7H9N3. The molecule has 52 valence electrons. The van der Waals surface area contributed by atoms with Gasteiger partial charge in [0.2, 0.25) is 0 Å². The zero-order valence-corrected chi connectivity index (χ0v) is 5.62. The molecule has 3 heteroatoms. The fourth-order valence-electron chi connectivity index (χ4n) is 0.382. The highest BCUT2D eigenvalue weighted by Gasteiger charge is 1.72. The van der Waals surface area contributed by atoms with Crippen LogP contribution in [0.1, 0.15) is 6.42 Å². The monoisotopic (exact) mass is 135 g/mol. The van der Waals surface area contributed by atoms with Gasteiger partial charge in [-0.3, -0.25) is 0 Å². The van der Waals surface area contributed by atoms with E-state index in [0.29, 0.717) is 6.54 Å². The zero-order valence-electron chi connectivity index (χ0n) is 5.62. The Morgan fingerprint density at radius 2 is 2.40 bits per heavy atom. The van der Waals surface area contributed by atoms with Crippen molar-refractivity contribution in [3.63, 3.8) is 0 Å². The maximum Gasteiger partial charge on any atom is 0.0630 e. The summed E-state index contributed by atoms with van der Waals surface area (Å²) in [7, 11) is 0. The molecule has 0 amide bonds. The Hall–Kier alpha value is -1.43. The van der Waals surface area contributed by atoms with Crippen LogP contribution in [0.3, 0.4) is 0 Å². The standard InChI is InChI=1S/C7H9N3/c1-2-9-6-4-3-5-7-10-8/h1,3-4,6,8H,5,7H2/b4-3-,9-6?,10-8?. The average Bonchev–Trinajstić information content (AvgIpc) is 1.97. The molecule has 0 unspecified atom stereocenters. The van der Waals surface area contributed by atoms with E-state index >= 15 is 0 Å². The van der Waals surface area contributed by atoms with Crippen LogP contribution >= 0.6 is 0 Å². The minimum atomic E-state index is 0.528. The van der Waals surface area contributed by atoms with Gasteiger partial charge in [-0.25, -0.2) is 10.5 Å². The van der Waals surface area contributed by atoms with Gasteiger partial charge in [-0.1, -0.05) is 12.5 Å². The Labute approximate surface area is 60.4 Å². The van der Waals surface area contributed by atoms with Gasteiger partial charge in [0.25, 0.3) is 0 Å². The Balaban J connectivity index is 3.30. The van der Waals surface area contributed by atoms with Crippen LogP contribution in [0.5, 0.6) is 0 Å². The summed E-state index contributed by atoms with van der Waals surface area (Å²) < 4.78 is 0. The summed E-state index contributed by atoms with van der Waals surface area (Å²) in [5, 5.41) is 3.17. The van der Waals surface area contributed by atoms with Crippen LogP contribution in [-0.4, -0.2) is 12.8 Å². The molecule has 1 N–H and O–H groups in total. The predicted octanol–water partition coefficient (Wildman–Crippen LogP) is 1.63. The van der Waals surface area contributed by atoms with Crippen LogP contribution in [-0.2, 0) is 0 Å². The van der Waals surface area contributed by atoms with E-state index in [-0.39, 0.29) is 0 Å². The summed E-state index contributed by atoms with van der Waals surface area (Å²) in [6, 6.07) is 2.12. The van der Waals surface area contributed by atoms with Crippen LogP contribution in [0.2, 0.25) is 0 Å². The third kappa shape index (κ3) is 6.57. The van der Waals surface area contributed by atoms with E-state index in [1.807, 2.05) is 6.08 Å². The molecule has 0 fully saturated rings. The average molecular weight is 135 g/mol. The largest absolute Gasteiger partial charge is 0.210 e. The van der Waals surface area contributed by atoms with E-state index in [4.69, 9.17) is 12.0 Å². The van der Waals surface area contributed by atoms with E-state index in [1.165, 1.54) is 6.21 Å². The second-order valence-electron chi connectivity index (χ2n) is 1.51. The van der Waals surface area contributed by atoms with Crippen molar-refractivity contribution in [3.8, 4) is 12.5 Å². The quantitative estimate of drug-likeness (QED) is 0.263. The lowest BCUT2D eigenvalue weighted by atomic mass is 10.4. The predicted molar refractivity (Wildman–Crippen MR) is 41.1 cm³/mol. The molecule has 0 aliphatic rings. The maximum absolute atomic E-state index is 6.44. The summed E-state index contributed by atoms with van der Waals surface area (Å²) in [5.41, 5.74) is 6.44. The fraction of sp³-hybridized carbons (Fsp3) is 0.286. The Morgan fingerprint density at radius 3 is 3.00 bits per heavy atom. The van der Waals surface area contributed by atoms with Gasteiger partial charge >= 0.3 is 0 Å². The van der Waals surface area contributed by atoms with Gasteiger partial charge in [0.1, 0.15) is 0 Å². The molecule has 0 heterocycles. The third-order valence-corrected chi connectivity index (χ3v) is 0.779. The lowest BCUT2D eigenvalue weighted by Crippen LogP contribution is -1.72. The SMILES string of the molecule is C#CN=C/C=C\CCN=N. The normalized spacial score (nSPS) is 10.3. The van der Waals surface area contributed by atoms with Crippen molar-refractivity contribution < 1.29 is 0 Å². The Bertz CT molecular complexity index is 174. The van der Waals surface area contributed by atoms with E-state index in [1.54, 1.807) is 6.08 Å². The van der Waals surface area contributed by atoms with Crippen molar-refractivity contribution in [2.75, 3.05) is 6.54 Å². The first-order valence-electron chi connectivity index (χ1n) is 2.89. The third-order valence-electron chi connectivity index (χ3n) is 0.779. The molecule has 0 bridgehead atoms. The maximum atomic E-state index is 6.44. The van der Waals surface area contributed by atoms with Gasteiger partial charge < -0.3 is 0 Å². The van der Waals surface area contributed by atoms with Gasteiger partial charge in [-0.15, -0.1) is 0 Å². The molecule has 0 spiro atoms. The number of hydrogen-bond donors (Lipinski definition) is 1. The van der Waals surface area contributed by atoms with Gasteiger partial charge in [0, 0.05) is 12.3 Å². The molecular weight excluding hydrogens is 126 g/mol. The fourth-order valence-corrected chi connectivity index (χ4v) is 0.382. The highest BCUT2D eigenvalue weighted by atomic mass is 14.9. The molecule has 0 saturated carbocycles. The van der Waals surface area contributed by atoms with E-state index in [2.05, 4.69) is 16.2 Å². The summed E-state index contributed by atoms with van der Waals surface area (Å²) in [5.74, 6) is 0. The molecule has 0 aliphatic carbocycles.